The van der Waals surface area contributed by atoms with Crippen LogP contribution in [0.3, 0.4) is 0 Å². The molecule has 0 spiro atoms. The maximum absolute atomic E-state index is 12.8. The fraction of sp³-hybridized carbons (Fsp3) is 0.615. The van der Waals surface area contributed by atoms with Gasteiger partial charge in [-0.05, 0) is 25.0 Å². The van der Waals surface area contributed by atoms with Gasteiger partial charge in [0.1, 0.15) is 5.82 Å². The number of hydrogen-bond acceptors (Lipinski definition) is 3. The summed E-state index contributed by atoms with van der Waals surface area (Å²) in [5.41, 5.74) is -0.720. The fourth-order valence-corrected chi connectivity index (χ4v) is 2.38. The molecule has 1 saturated heterocycles. The summed E-state index contributed by atoms with van der Waals surface area (Å²) in [6.45, 7) is 3.16. The smallest absolute Gasteiger partial charge is 0.378 e. The molecule has 0 amide bonds. The average Bonchev–Trinajstić information content (AvgIpc) is 2.83. The Bertz CT molecular complexity index is 423. The number of aromatic nitrogens is 1. The van der Waals surface area contributed by atoms with E-state index >= 15 is 0 Å². The number of pyridine rings is 1. The SMILES string of the molecule is CCC1OCCC1CNc1ncccc1C(F)(F)F. The van der Waals surface area contributed by atoms with E-state index in [1.165, 1.54) is 12.3 Å². The van der Waals surface area contributed by atoms with Crippen molar-refractivity contribution in [3.63, 3.8) is 0 Å². The highest BCUT2D eigenvalue weighted by Gasteiger charge is 2.34. The largest absolute Gasteiger partial charge is 0.419 e. The maximum Gasteiger partial charge on any atom is 0.419 e. The van der Waals surface area contributed by atoms with Crippen LogP contribution in [0, 0.1) is 5.92 Å². The predicted octanol–water partition coefficient (Wildman–Crippen LogP) is 3.33. The van der Waals surface area contributed by atoms with E-state index in [1.807, 2.05) is 6.92 Å². The van der Waals surface area contributed by atoms with Crippen LogP contribution in [0.15, 0.2) is 18.3 Å². The number of nitrogens with zero attached hydrogens (tertiary/aromatic N) is 1. The highest BCUT2D eigenvalue weighted by atomic mass is 19.4. The first-order valence-electron chi connectivity index (χ1n) is 6.40. The molecule has 2 atom stereocenters. The van der Waals surface area contributed by atoms with Crippen LogP contribution < -0.4 is 5.32 Å². The molecule has 1 aliphatic rings. The lowest BCUT2D eigenvalue weighted by molar-refractivity contribution is -0.137. The minimum Gasteiger partial charge on any atom is -0.378 e. The van der Waals surface area contributed by atoms with Crippen LogP contribution >= 0.6 is 0 Å². The Kier molecular flexibility index (Phi) is 4.29. The number of rotatable bonds is 4. The van der Waals surface area contributed by atoms with Gasteiger partial charge in [0.2, 0.25) is 0 Å². The normalized spacial score (nSPS) is 23.6. The Morgan fingerprint density at radius 3 is 2.95 bits per heavy atom. The molecule has 2 heterocycles. The van der Waals surface area contributed by atoms with Gasteiger partial charge in [0.05, 0.1) is 11.7 Å². The van der Waals surface area contributed by atoms with E-state index in [-0.39, 0.29) is 17.8 Å². The molecule has 6 heteroatoms. The predicted molar refractivity (Wildman–Crippen MR) is 65.9 cm³/mol. The van der Waals surface area contributed by atoms with Crippen LogP contribution in [0.5, 0.6) is 0 Å². The quantitative estimate of drug-likeness (QED) is 0.914. The topological polar surface area (TPSA) is 34.1 Å². The molecule has 1 fully saturated rings. The summed E-state index contributed by atoms with van der Waals surface area (Å²) in [6.07, 6.45) is -1.14. The van der Waals surface area contributed by atoms with Crippen LogP contribution in [0.2, 0.25) is 0 Å². The van der Waals surface area contributed by atoms with Gasteiger partial charge in [-0.1, -0.05) is 6.92 Å². The van der Waals surface area contributed by atoms with E-state index in [2.05, 4.69) is 10.3 Å². The van der Waals surface area contributed by atoms with E-state index in [1.54, 1.807) is 0 Å². The van der Waals surface area contributed by atoms with Crippen molar-refractivity contribution in [2.75, 3.05) is 18.5 Å². The summed E-state index contributed by atoms with van der Waals surface area (Å²) in [7, 11) is 0. The third-order valence-corrected chi connectivity index (χ3v) is 3.39. The van der Waals surface area contributed by atoms with Crippen molar-refractivity contribution < 1.29 is 17.9 Å². The molecule has 19 heavy (non-hydrogen) atoms. The Balaban J connectivity index is 2.04. The second-order valence-electron chi connectivity index (χ2n) is 4.64. The Morgan fingerprint density at radius 1 is 1.47 bits per heavy atom. The summed E-state index contributed by atoms with van der Waals surface area (Å²) in [5.74, 6) is 0.143. The molecule has 3 nitrogen and oxygen atoms in total. The summed E-state index contributed by atoms with van der Waals surface area (Å²) in [4.78, 5) is 3.79. The van der Waals surface area contributed by atoms with Crippen LogP contribution in [0.4, 0.5) is 19.0 Å². The van der Waals surface area contributed by atoms with Gasteiger partial charge in [0.15, 0.2) is 0 Å². The van der Waals surface area contributed by atoms with Crippen LogP contribution in [-0.4, -0.2) is 24.2 Å². The van der Waals surface area contributed by atoms with Gasteiger partial charge in [0.25, 0.3) is 0 Å². The Labute approximate surface area is 110 Å². The Morgan fingerprint density at radius 2 is 2.26 bits per heavy atom. The molecule has 0 radical (unpaired) electrons. The zero-order chi connectivity index (χ0) is 13.9. The van der Waals surface area contributed by atoms with E-state index < -0.39 is 11.7 Å². The van der Waals surface area contributed by atoms with Crippen molar-refractivity contribution in [2.45, 2.75) is 32.0 Å². The molecule has 0 aromatic carbocycles. The summed E-state index contributed by atoms with van der Waals surface area (Å²) >= 11 is 0. The van der Waals surface area contributed by atoms with E-state index in [0.717, 1.165) is 18.9 Å². The van der Waals surface area contributed by atoms with Crippen LogP contribution in [0.25, 0.3) is 0 Å². The maximum atomic E-state index is 12.8. The molecule has 2 rings (SSSR count). The molecule has 1 aromatic heterocycles. The Hall–Kier alpha value is -1.30. The minimum atomic E-state index is -4.38. The molecular weight excluding hydrogens is 257 g/mol. The molecular formula is C13H17F3N2O. The first-order valence-corrected chi connectivity index (χ1v) is 6.40. The van der Waals surface area contributed by atoms with E-state index in [0.29, 0.717) is 13.2 Å². The zero-order valence-corrected chi connectivity index (χ0v) is 10.7. The fourth-order valence-electron chi connectivity index (χ4n) is 2.38. The molecule has 2 unspecified atom stereocenters. The summed E-state index contributed by atoms with van der Waals surface area (Å²) < 4.78 is 43.9. The van der Waals surface area contributed by atoms with Gasteiger partial charge in [-0.3, -0.25) is 0 Å². The van der Waals surface area contributed by atoms with Crippen molar-refractivity contribution in [2.24, 2.45) is 5.92 Å². The van der Waals surface area contributed by atoms with Gasteiger partial charge in [0, 0.05) is 25.3 Å². The minimum absolute atomic E-state index is 0.100. The van der Waals surface area contributed by atoms with E-state index in [9.17, 15) is 13.2 Å². The van der Waals surface area contributed by atoms with Crippen molar-refractivity contribution in [3.8, 4) is 0 Å². The average molecular weight is 274 g/mol. The number of nitrogens with one attached hydrogen (secondary N) is 1. The molecule has 0 saturated carbocycles. The molecule has 106 valence electrons. The van der Waals surface area contributed by atoms with Crippen molar-refractivity contribution in [1.29, 1.82) is 0 Å². The van der Waals surface area contributed by atoms with Crippen molar-refractivity contribution >= 4 is 5.82 Å². The number of anilines is 1. The van der Waals surface area contributed by atoms with Crippen molar-refractivity contribution in [3.05, 3.63) is 23.9 Å². The number of halogens is 3. The third kappa shape index (κ3) is 3.37. The lowest BCUT2D eigenvalue weighted by Gasteiger charge is -2.19. The number of hydrogen-bond donors (Lipinski definition) is 1. The van der Waals surface area contributed by atoms with Gasteiger partial charge < -0.3 is 10.1 Å². The monoisotopic (exact) mass is 274 g/mol. The van der Waals surface area contributed by atoms with Crippen LogP contribution in [-0.2, 0) is 10.9 Å². The molecule has 0 bridgehead atoms. The first-order chi connectivity index (χ1) is 9.02. The molecule has 1 N–H and O–H groups in total. The molecule has 1 aromatic rings. The third-order valence-electron chi connectivity index (χ3n) is 3.39. The van der Waals surface area contributed by atoms with E-state index in [4.69, 9.17) is 4.74 Å². The number of ether oxygens (including phenoxy) is 1. The van der Waals surface area contributed by atoms with Gasteiger partial charge in [-0.25, -0.2) is 4.98 Å². The summed E-state index contributed by atoms with van der Waals surface area (Å²) in [5, 5.41) is 2.81. The second kappa shape index (κ2) is 5.77. The molecule has 1 aliphatic heterocycles. The second-order valence-corrected chi connectivity index (χ2v) is 4.64. The molecule has 0 aliphatic carbocycles. The summed E-state index contributed by atoms with van der Waals surface area (Å²) in [6, 6.07) is 2.33. The zero-order valence-electron chi connectivity index (χ0n) is 10.7. The standard InChI is InChI=1S/C13H17F3N2O/c1-2-11-9(5-7-19-11)8-18-12-10(13(14,15)16)4-3-6-17-12/h3-4,6,9,11H,2,5,7-8H2,1H3,(H,17,18). The van der Waals surface area contributed by atoms with Crippen LogP contribution in [0.1, 0.15) is 25.3 Å². The first kappa shape index (κ1) is 14.1. The number of alkyl halides is 3. The lowest BCUT2D eigenvalue weighted by atomic mass is 9.99. The van der Waals surface area contributed by atoms with Crippen molar-refractivity contribution in [1.82, 2.24) is 4.98 Å². The highest BCUT2D eigenvalue weighted by molar-refractivity contribution is 5.45. The van der Waals surface area contributed by atoms with Gasteiger partial charge in [-0.2, -0.15) is 13.2 Å². The van der Waals surface area contributed by atoms with Gasteiger partial charge >= 0.3 is 6.18 Å². The van der Waals surface area contributed by atoms with Gasteiger partial charge in [-0.15, -0.1) is 0 Å². The lowest BCUT2D eigenvalue weighted by Crippen LogP contribution is -2.24. The highest BCUT2D eigenvalue weighted by Crippen LogP contribution is 2.34.